The minimum absolute atomic E-state index is 0.0160. The zero-order valence-corrected chi connectivity index (χ0v) is 13.9. The maximum atomic E-state index is 11.5. The lowest BCUT2D eigenvalue weighted by Gasteiger charge is -2.26. The topological polar surface area (TPSA) is 84.8 Å². The Morgan fingerprint density at radius 2 is 2.14 bits per heavy atom. The summed E-state index contributed by atoms with van der Waals surface area (Å²) in [5, 5.41) is 7.00. The first-order valence-electron chi connectivity index (χ1n) is 7.27. The lowest BCUT2D eigenvalue weighted by atomic mass is 10.1. The van der Waals surface area contributed by atoms with E-state index in [-0.39, 0.29) is 11.9 Å². The van der Waals surface area contributed by atoms with Crippen LogP contribution in [0, 0.1) is 6.92 Å². The number of aliphatic hydroxyl groups excluding tert-OH is 1. The molecule has 0 aromatic carbocycles. The van der Waals surface area contributed by atoms with Gasteiger partial charge in [0.25, 0.3) is 0 Å². The van der Waals surface area contributed by atoms with Gasteiger partial charge in [-0.25, -0.2) is 9.78 Å². The van der Waals surface area contributed by atoms with Gasteiger partial charge in [0.15, 0.2) is 0 Å². The summed E-state index contributed by atoms with van der Waals surface area (Å²) in [7, 11) is 4.41. The van der Waals surface area contributed by atoms with Crippen LogP contribution in [0.4, 0.5) is 0 Å². The number of hydrogen-bond donors (Lipinski definition) is 1. The number of carbonyl (C=O) groups excluding carboxylic acids is 1. The lowest BCUT2D eigenvalue weighted by molar-refractivity contribution is 0.0582. The summed E-state index contributed by atoms with van der Waals surface area (Å²) in [5.74, 6) is -0.0932. The number of esters is 1. The molecule has 1 aromatic heterocycles. The third-order valence-electron chi connectivity index (χ3n) is 3.62. The molecule has 7 heteroatoms. The fourth-order valence-electron chi connectivity index (χ4n) is 2.58. The maximum Gasteiger partial charge on any atom is 0.376 e. The van der Waals surface area contributed by atoms with Gasteiger partial charge in [-0.1, -0.05) is 0 Å². The Labute approximate surface area is 131 Å². The highest BCUT2D eigenvalue weighted by Gasteiger charge is 2.28. The number of aliphatic hydroxyl groups is 1. The summed E-state index contributed by atoms with van der Waals surface area (Å²) in [5.41, 5.74) is 0.683. The Kier molecular flexibility index (Phi) is 7.20. The van der Waals surface area contributed by atoms with Crippen LogP contribution in [0.2, 0.25) is 0 Å². The van der Waals surface area contributed by atoms with E-state index >= 15 is 0 Å². The summed E-state index contributed by atoms with van der Waals surface area (Å²) in [4.78, 5) is 22.0. The van der Waals surface area contributed by atoms with Crippen LogP contribution >= 0.6 is 0 Å². The molecule has 1 aromatic rings. The van der Waals surface area contributed by atoms with Crippen LogP contribution in [0.1, 0.15) is 36.1 Å². The van der Waals surface area contributed by atoms with Crippen LogP contribution in [0.3, 0.4) is 0 Å². The number of carbonyl (C=O) groups is 1. The number of likely N-dealkylation sites (tertiary alicyclic amines) is 1. The van der Waals surface area contributed by atoms with Crippen LogP contribution in [0.5, 0.6) is 5.88 Å². The SMILES string of the molecule is CO.COC(=O)c1nc(C)cc(O[C@@H](C)[C@@H]2CCCN2C)n1. The number of methoxy groups -OCH3 is 1. The molecule has 0 bridgehead atoms. The van der Waals surface area contributed by atoms with Gasteiger partial charge < -0.3 is 14.6 Å². The molecule has 124 valence electrons. The number of rotatable bonds is 4. The van der Waals surface area contributed by atoms with E-state index in [0.29, 0.717) is 17.6 Å². The molecular weight excluding hydrogens is 286 g/mol. The van der Waals surface area contributed by atoms with Gasteiger partial charge in [-0.05, 0) is 40.3 Å². The van der Waals surface area contributed by atoms with Crippen molar-refractivity contribution in [2.75, 3.05) is 27.8 Å². The van der Waals surface area contributed by atoms with Crippen molar-refractivity contribution in [2.24, 2.45) is 0 Å². The Bertz CT molecular complexity index is 496. The fourth-order valence-corrected chi connectivity index (χ4v) is 2.58. The molecule has 0 amide bonds. The van der Waals surface area contributed by atoms with E-state index in [9.17, 15) is 4.79 Å². The zero-order valence-electron chi connectivity index (χ0n) is 13.9. The molecule has 2 heterocycles. The van der Waals surface area contributed by atoms with E-state index in [4.69, 9.17) is 9.84 Å². The minimum Gasteiger partial charge on any atom is -0.473 e. The predicted molar refractivity (Wildman–Crippen MR) is 82.0 cm³/mol. The summed E-state index contributed by atoms with van der Waals surface area (Å²) in [6, 6.07) is 2.12. The summed E-state index contributed by atoms with van der Waals surface area (Å²) >= 11 is 0. The molecule has 1 aliphatic rings. The molecule has 1 fully saturated rings. The van der Waals surface area contributed by atoms with Crippen LogP contribution in [-0.4, -0.2) is 65.9 Å². The number of ether oxygens (including phenoxy) is 2. The molecule has 0 spiro atoms. The molecule has 1 N–H and O–H groups in total. The summed E-state index contributed by atoms with van der Waals surface area (Å²) in [6.45, 7) is 4.92. The highest BCUT2D eigenvalue weighted by Crippen LogP contribution is 2.21. The highest BCUT2D eigenvalue weighted by molar-refractivity contribution is 5.85. The van der Waals surface area contributed by atoms with E-state index in [0.717, 1.165) is 20.1 Å². The molecule has 0 saturated carbocycles. The van der Waals surface area contributed by atoms with Crippen LogP contribution in [-0.2, 0) is 4.74 Å². The van der Waals surface area contributed by atoms with Crippen molar-refractivity contribution in [3.8, 4) is 5.88 Å². The number of aromatic nitrogens is 2. The Hall–Kier alpha value is -1.73. The second kappa shape index (κ2) is 8.65. The van der Waals surface area contributed by atoms with E-state index in [2.05, 4.69) is 26.7 Å². The van der Waals surface area contributed by atoms with Gasteiger partial charge in [-0.15, -0.1) is 0 Å². The van der Waals surface area contributed by atoms with E-state index < -0.39 is 5.97 Å². The van der Waals surface area contributed by atoms with Gasteiger partial charge in [-0.3, -0.25) is 4.90 Å². The van der Waals surface area contributed by atoms with Crippen molar-refractivity contribution in [1.82, 2.24) is 14.9 Å². The fraction of sp³-hybridized carbons (Fsp3) is 0.667. The standard InChI is InChI=1S/C14H21N3O3.CH4O/c1-9-8-12(16-13(15-9)14(18)19-4)20-10(2)11-6-5-7-17(11)3;1-2/h8,10-11H,5-7H2,1-4H3;2H,1H3/t10-,11-;/m0./s1. The summed E-state index contributed by atoms with van der Waals surface area (Å²) < 4.78 is 10.5. The first-order chi connectivity index (χ1) is 10.5. The molecule has 7 nitrogen and oxygen atoms in total. The van der Waals surface area contributed by atoms with Crippen molar-refractivity contribution < 1.29 is 19.4 Å². The van der Waals surface area contributed by atoms with Crippen molar-refractivity contribution in [2.45, 2.75) is 38.8 Å². The molecule has 0 unspecified atom stereocenters. The normalized spacial score (nSPS) is 19.1. The van der Waals surface area contributed by atoms with Crippen molar-refractivity contribution in [1.29, 1.82) is 0 Å². The van der Waals surface area contributed by atoms with Gasteiger partial charge >= 0.3 is 5.97 Å². The number of aryl methyl sites for hydroxylation is 1. The predicted octanol–water partition coefficient (Wildman–Crippen LogP) is 1.04. The second-order valence-electron chi connectivity index (χ2n) is 5.18. The van der Waals surface area contributed by atoms with E-state index in [1.54, 1.807) is 13.0 Å². The Balaban J connectivity index is 0.00000116. The monoisotopic (exact) mass is 311 g/mol. The van der Waals surface area contributed by atoms with Crippen molar-refractivity contribution in [3.63, 3.8) is 0 Å². The smallest absolute Gasteiger partial charge is 0.376 e. The average molecular weight is 311 g/mol. The van der Waals surface area contributed by atoms with Gasteiger partial charge in [0.2, 0.25) is 11.7 Å². The molecule has 1 saturated heterocycles. The van der Waals surface area contributed by atoms with E-state index in [1.165, 1.54) is 13.5 Å². The number of likely N-dealkylation sites (N-methyl/N-ethyl adjacent to an activating group) is 1. The minimum atomic E-state index is -0.552. The molecular formula is C15H25N3O4. The van der Waals surface area contributed by atoms with Crippen LogP contribution in [0.25, 0.3) is 0 Å². The molecule has 2 rings (SSSR count). The summed E-state index contributed by atoms with van der Waals surface area (Å²) in [6.07, 6.45) is 2.32. The maximum absolute atomic E-state index is 11.5. The first-order valence-corrected chi connectivity index (χ1v) is 7.27. The quantitative estimate of drug-likeness (QED) is 0.832. The van der Waals surface area contributed by atoms with Gasteiger partial charge in [0, 0.05) is 24.9 Å². The van der Waals surface area contributed by atoms with Crippen LogP contribution in [0.15, 0.2) is 6.07 Å². The highest BCUT2D eigenvalue weighted by atomic mass is 16.5. The zero-order chi connectivity index (χ0) is 16.7. The Morgan fingerprint density at radius 3 is 2.68 bits per heavy atom. The van der Waals surface area contributed by atoms with Gasteiger partial charge in [0.05, 0.1) is 7.11 Å². The number of nitrogens with zero attached hydrogens (tertiary/aromatic N) is 3. The molecule has 0 radical (unpaired) electrons. The molecule has 0 aliphatic carbocycles. The van der Waals surface area contributed by atoms with Crippen molar-refractivity contribution in [3.05, 3.63) is 17.6 Å². The van der Waals surface area contributed by atoms with Crippen LogP contribution < -0.4 is 4.74 Å². The molecule has 2 atom stereocenters. The van der Waals surface area contributed by atoms with Gasteiger partial charge in [-0.2, -0.15) is 4.98 Å². The Morgan fingerprint density at radius 1 is 1.45 bits per heavy atom. The third kappa shape index (κ3) is 4.64. The van der Waals surface area contributed by atoms with E-state index in [1.807, 2.05) is 6.92 Å². The van der Waals surface area contributed by atoms with Gasteiger partial charge in [0.1, 0.15) is 6.10 Å². The molecule has 22 heavy (non-hydrogen) atoms. The molecule has 1 aliphatic heterocycles. The van der Waals surface area contributed by atoms with Crippen molar-refractivity contribution >= 4 is 5.97 Å². The second-order valence-corrected chi connectivity index (χ2v) is 5.18. The largest absolute Gasteiger partial charge is 0.473 e. The third-order valence-corrected chi connectivity index (χ3v) is 3.62. The lowest BCUT2D eigenvalue weighted by Crippen LogP contribution is -2.38. The average Bonchev–Trinajstić information content (AvgIpc) is 2.94. The number of hydrogen-bond acceptors (Lipinski definition) is 7. The first kappa shape index (κ1) is 18.3.